The van der Waals surface area contributed by atoms with Crippen molar-refractivity contribution in [2.24, 2.45) is 0 Å². The van der Waals surface area contributed by atoms with Crippen molar-refractivity contribution < 1.29 is 40.7 Å². The summed E-state index contributed by atoms with van der Waals surface area (Å²) in [6.07, 6.45) is -1.10. The number of hydrogen-bond acceptors (Lipinski definition) is 9. The van der Waals surface area contributed by atoms with Gasteiger partial charge in [-0.2, -0.15) is 8.42 Å². The van der Waals surface area contributed by atoms with Gasteiger partial charge < -0.3 is 13.8 Å². The first-order valence-corrected chi connectivity index (χ1v) is 12.7. The first kappa shape index (κ1) is 26.2. The molecule has 1 atom stereocenters. The second-order valence-corrected chi connectivity index (χ2v) is 10.4. The first-order chi connectivity index (χ1) is 13.5. The standard InChI is InChI=1S/C18H31O9PS/c1-15(2)26-28(19,27-16(3)4)14-23-25-18(13-24-29(5,20)21)12-22-11-17-9-7-6-8-10-17/h6-10,15-16,18H,11-14H2,1-5H3/t18-/m1/s1. The first-order valence-electron chi connectivity index (χ1n) is 9.19. The lowest BCUT2D eigenvalue weighted by Crippen LogP contribution is -2.27. The van der Waals surface area contributed by atoms with E-state index in [9.17, 15) is 13.0 Å². The van der Waals surface area contributed by atoms with Gasteiger partial charge in [0, 0.05) is 0 Å². The van der Waals surface area contributed by atoms with Gasteiger partial charge in [-0.25, -0.2) is 9.78 Å². The number of ether oxygens (including phenoxy) is 1. The third-order valence-corrected chi connectivity index (χ3v) is 5.51. The third-order valence-electron chi connectivity index (χ3n) is 3.04. The summed E-state index contributed by atoms with van der Waals surface area (Å²) in [7, 11) is -7.24. The minimum absolute atomic E-state index is 0.00914. The van der Waals surface area contributed by atoms with E-state index in [4.69, 9.17) is 27.7 Å². The lowest BCUT2D eigenvalue weighted by molar-refractivity contribution is -0.324. The van der Waals surface area contributed by atoms with Crippen LogP contribution in [0.2, 0.25) is 0 Å². The highest BCUT2D eigenvalue weighted by atomic mass is 32.2. The van der Waals surface area contributed by atoms with Gasteiger partial charge in [-0.1, -0.05) is 30.3 Å². The van der Waals surface area contributed by atoms with E-state index in [0.29, 0.717) is 6.61 Å². The van der Waals surface area contributed by atoms with Crippen LogP contribution in [0, 0.1) is 0 Å². The maximum Gasteiger partial charge on any atom is 0.359 e. The lowest BCUT2D eigenvalue weighted by atomic mass is 10.2. The minimum atomic E-state index is -3.68. The van der Waals surface area contributed by atoms with Crippen molar-refractivity contribution in [2.75, 3.05) is 25.8 Å². The molecule has 168 valence electrons. The highest BCUT2D eigenvalue weighted by Gasteiger charge is 2.29. The summed E-state index contributed by atoms with van der Waals surface area (Å²) < 4.78 is 56.3. The molecule has 1 rings (SSSR count). The maximum atomic E-state index is 12.7. The molecule has 0 N–H and O–H groups in total. The smallest absolute Gasteiger partial charge is 0.359 e. The highest BCUT2D eigenvalue weighted by molar-refractivity contribution is 7.85. The molecule has 0 unspecified atom stereocenters. The fourth-order valence-electron chi connectivity index (χ4n) is 2.10. The van der Waals surface area contributed by atoms with E-state index in [0.717, 1.165) is 11.8 Å². The Morgan fingerprint density at radius 3 is 2.07 bits per heavy atom. The molecular weight excluding hydrogens is 423 g/mol. The minimum Gasteiger partial charge on any atom is -0.374 e. The summed E-state index contributed by atoms with van der Waals surface area (Å²) >= 11 is 0. The molecule has 0 aliphatic rings. The van der Waals surface area contributed by atoms with Gasteiger partial charge >= 0.3 is 7.60 Å². The second-order valence-electron chi connectivity index (χ2n) is 6.87. The molecule has 0 spiro atoms. The molecule has 1 aromatic carbocycles. The van der Waals surface area contributed by atoms with Crippen LogP contribution in [0.1, 0.15) is 33.3 Å². The summed E-state index contributed by atoms with van der Waals surface area (Å²) in [6.45, 7) is 6.84. The normalized spacial score (nSPS) is 13.9. The van der Waals surface area contributed by atoms with Crippen LogP contribution in [0.3, 0.4) is 0 Å². The van der Waals surface area contributed by atoms with Gasteiger partial charge in [0.25, 0.3) is 10.1 Å². The van der Waals surface area contributed by atoms with Crippen LogP contribution in [0.25, 0.3) is 0 Å². The average Bonchev–Trinajstić information content (AvgIpc) is 2.57. The highest BCUT2D eigenvalue weighted by Crippen LogP contribution is 2.50. The molecule has 0 fully saturated rings. The topological polar surface area (TPSA) is 107 Å². The van der Waals surface area contributed by atoms with E-state index < -0.39 is 30.2 Å². The Morgan fingerprint density at radius 2 is 1.55 bits per heavy atom. The van der Waals surface area contributed by atoms with Crippen LogP contribution in [0.4, 0.5) is 0 Å². The zero-order chi connectivity index (χ0) is 21.9. The van der Waals surface area contributed by atoms with Gasteiger partial charge in [0.1, 0.15) is 6.10 Å². The van der Waals surface area contributed by atoms with Crippen molar-refractivity contribution in [3.05, 3.63) is 35.9 Å². The Kier molecular flexibility index (Phi) is 11.5. The van der Waals surface area contributed by atoms with Crippen molar-refractivity contribution in [3.63, 3.8) is 0 Å². The van der Waals surface area contributed by atoms with E-state index >= 15 is 0 Å². The SMILES string of the molecule is CC(C)OP(=O)(COO[C@H](COCc1ccccc1)COS(C)(=O)=O)OC(C)C. The predicted octanol–water partition coefficient (Wildman–Crippen LogP) is 3.50. The zero-order valence-electron chi connectivity index (χ0n) is 17.5. The largest absolute Gasteiger partial charge is 0.374 e. The molecule has 0 aromatic heterocycles. The van der Waals surface area contributed by atoms with Gasteiger partial charge in [0.05, 0.1) is 38.3 Å². The Labute approximate surface area is 173 Å². The molecule has 0 amide bonds. The monoisotopic (exact) mass is 454 g/mol. The Morgan fingerprint density at radius 1 is 0.966 bits per heavy atom. The van der Waals surface area contributed by atoms with Crippen LogP contribution in [0.5, 0.6) is 0 Å². The van der Waals surface area contributed by atoms with E-state index in [2.05, 4.69) is 0 Å². The van der Waals surface area contributed by atoms with Crippen molar-refractivity contribution in [3.8, 4) is 0 Å². The van der Waals surface area contributed by atoms with Gasteiger partial charge in [0.15, 0.2) is 6.35 Å². The molecule has 29 heavy (non-hydrogen) atoms. The van der Waals surface area contributed by atoms with Crippen LogP contribution < -0.4 is 0 Å². The van der Waals surface area contributed by atoms with Gasteiger partial charge in [-0.3, -0.25) is 8.75 Å². The van der Waals surface area contributed by atoms with Crippen LogP contribution in [-0.2, 0) is 49.0 Å². The second kappa shape index (κ2) is 12.8. The lowest BCUT2D eigenvalue weighted by Gasteiger charge is -2.23. The zero-order valence-corrected chi connectivity index (χ0v) is 19.2. The quantitative estimate of drug-likeness (QED) is 0.170. The van der Waals surface area contributed by atoms with Crippen molar-refractivity contribution in [1.29, 1.82) is 0 Å². The average molecular weight is 454 g/mol. The number of hydrogen-bond donors (Lipinski definition) is 0. The van der Waals surface area contributed by atoms with Crippen LogP contribution >= 0.6 is 7.60 Å². The Balaban J connectivity index is 2.60. The molecule has 9 nitrogen and oxygen atoms in total. The molecule has 0 bridgehead atoms. The van der Waals surface area contributed by atoms with Crippen molar-refractivity contribution in [1.82, 2.24) is 0 Å². The van der Waals surface area contributed by atoms with Crippen molar-refractivity contribution >= 4 is 17.7 Å². The fourth-order valence-corrected chi connectivity index (χ4v) is 4.15. The number of rotatable bonds is 15. The van der Waals surface area contributed by atoms with E-state index in [1.54, 1.807) is 27.7 Å². The van der Waals surface area contributed by atoms with Crippen LogP contribution in [0.15, 0.2) is 30.3 Å². The molecular formula is C18H31O9PS. The Bertz CT molecular complexity index is 708. The maximum absolute atomic E-state index is 12.7. The number of benzene rings is 1. The molecule has 0 heterocycles. The predicted molar refractivity (Wildman–Crippen MR) is 108 cm³/mol. The molecule has 0 radical (unpaired) electrons. The fraction of sp³-hybridized carbons (Fsp3) is 0.667. The van der Waals surface area contributed by atoms with Gasteiger partial charge in [0.2, 0.25) is 0 Å². The summed E-state index contributed by atoms with van der Waals surface area (Å²) in [6, 6.07) is 9.43. The molecule has 0 aliphatic heterocycles. The van der Waals surface area contributed by atoms with Crippen molar-refractivity contribution in [2.45, 2.75) is 52.6 Å². The summed E-state index contributed by atoms with van der Waals surface area (Å²) in [4.78, 5) is 10.3. The molecule has 0 saturated heterocycles. The molecule has 11 heteroatoms. The van der Waals surface area contributed by atoms with E-state index in [1.807, 2.05) is 30.3 Å². The van der Waals surface area contributed by atoms with Crippen LogP contribution in [-0.4, -0.2) is 52.5 Å². The summed E-state index contributed by atoms with van der Waals surface area (Å²) in [5, 5.41) is 0. The molecule has 0 aliphatic carbocycles. The summed E-state index contributed by atoms with van der Waals surface area (Å²) in [5.74, 6) is 0. The van der Waals surface area contributed by atoms with Gasteiger partial charge in [-0.15, -0.1) is 0 Å². The van der Waals surface area contributed by atoms with Gasteiger partial charge in [-0.05, 0) is 33.3 Å². The van der Waals surface area contributed by atoms with E-state index in [-0.39, 0.29) is 25.4 Å². The Hall–Kier alpha value is -0.840. The summed E-state index contributed by atoms with van der Waals surface area (Å²) in [5.41, 5.74) is 0.941. The third kappa shape index (κ3) is 13.1. The molecule has 1 aromatic rings. The molecule has 0 saturated carbocycles. The van der Waals surface area contributed by atoms with E-state index in [1.165, 1.54) is 0 Å².